The van der Waals surface area contributed by atoms with Crippen LogP contribution in [0.25, 0.3) is 0 Å². The number of rotatable bonds is 7. The van der Waals surface area contributed by atoms with Gasteiger partial charge in [-0.2, -0.15) is 5.10 Å². The first-order valence-electron chi connectivity index (χ1n) is 7.78. The second kappa shape index (κ2) is 9.56. The molecule has 2 aromatic rings. The molecule has 0 aliphatic rings. The van der Waals surface area contributed by atoms with E-state index in [2.05, 4.69) is 15.8 Å². The maximum absolute atomic E-state index is 11.8. The van der Waals surface area contributed by atoms with E-state index in [0.29, 0.717) is 22.7 Å². The van der Waals surface area contributed by atoms with E-state index in [4.69, 9.17) is 15.2 Å². The van der Waals surface area contributed by atoms with Crippen molar-refractivity contribution in [3.63, 3.8) is 0 Å². The molecule has 0 aliphatic carbocycles. The highest BCUT2D eigenvalue weighted by atomic mass is 16.5. The van der Waals surface area contributed by atoms with Gasteiger partial charge in [-0.1, -0.05) is 12.1 Å². The number of ether oxygens (including phenoxy) is 2. The van der Waals surface area contributed by atoms with Gasteiger partial charge < -0.3 is 20.5 Å². The lowest BCUT2D eigenvalue weighted by Gasteiger charge is -2.07. The predicted octanol–water partition coefficient (Wildman–Crippen LogP) is 0.648. The van der Waals surface area contributed by atoms with Crippen molar-refractivity contribution in [1.29, 1.82) is 0 Å². The molecule has 0 saturated heterocycles. The minimum Gasteiger partial charge on any atom is -0.497 e. The Morgan fingerprint density at radius 3 is 2.44 bits per heavy atom. The Morgan fingerprint density at radius 1 is 1.07 bits per heavy atom. The number of nitrogens with zero attached hydrogens (tertiary/aromatic N) is 1. The number of carbonyl (C=O) groups is 3. The molecule has 27 heavy (non-hydrogen) atoms. The van der Waals surface area contributed by atoms with Gasteiger partial charge in [0.15, 0.2) is 6.61 Å². The predicted molar refractivity (Wildman–Crippen MR) is 98.5 cm³/mol. The van der Waals surface area contributed by atoms with Crippen molar-refractivity contribution in [2.24, 2.45) is 10.8 Å². The van der Waals surface area contributed by atoms with Crippen molar-refractivity contribution in [2.45, 2.75) is 0 Å². The fourth-order valence-corrected chi connectivity index (χ4v) is 1.94. The van der Waals surface area contributed by atoms with Crippen LogP contribution in [0.5, 0.6) is 11.5 Å². The van der Waals surface area contributed by atoms with Crippen molar-refractivity contribution in [2.75, 3.05) is 19.0 Å². The van der Waals surface area contributed by atoms with Gasteiger partial charge in [-0.15, -0.1) is 0 Å². The maximum atomic E-state index is 11.8. The first-order valence-corrected chi connectivity index (χ1v) is 7.78. The van der Waals surface area contributed by atoms with Crippen molar-refractivity contribution < 1.29 is 23.9 Å². The van der Waals surface area contributed by atoms with Crippen LogP contribution < -0.4 is 25.9 Å². The lowest BCUT2D eigenvalue weighted by atomic mass is 10.2. The Labute approximate surface area is 155 Å². The van der Waals surface area contributed by atoms with Crippen LogP contribution in [-0.2, 0) is 14.4 Å². The second-order valence-electron chi connectivity index (χ2n) is 5.17. The van der Waals surface area contributed by atoms with Crippen LogP contribution in [0.15, 0.2) is 53.6 Å². The topological polar surface area (TPSA) is 132 Å². The van der Waals surface area contributed by atoms with E-state index in [9.17, 15) is 14.4 Å². The zero-order chi connectivity index (χ0) is 19.6. The average molecular weight is 370 g/mol. The molecule has 0 bridgehead atoms. The van der Waals surface area contributed by atoms with Crippen molar-refractivity contribution in [1.82, 2.24) is 5.43 Å². The lowest BCUT2D eigenvalue weighted by molar-refractivity contribution is -0.136. The third-order valence-electron chi connectivity index (χ3n) is 3.21. The van der Waals surface area contributed by atoms with E-state index in [0.717, 1.165) is 0 Å². The summed E-state index contributed by atoms with van der Waals surface area (Å²) in [6.07, 6.45) is 1.29. The van der Waals surface area contributed by atoms with Gasteiger partial charge in [-0.25, -0.2) is 5.43 Å². The Balaban J connectivity index is 1.92. The molecule has 0 heterocycles. The summed E-state index contributed by atoms with van der Waals surface area (Å²) in [5, 5.41) is 6.15. The largest absolute Gasteiger partial charge is 0.497 e. The molecule has 2 rings (SSSR count). The summed E-state index contributed by atoms with van der Waals surface area (Å²) in [5.74, 6) is -1.46. The summed E-state index contributed by atoms with van der Waals surface area (Å²) in [6.45, 7) is -0.290. The van der Waals surface area contributed by atoms with E-state index >= 15 is 0 Å². The van der Waals surface area contributed by atoms with E-state index < -0.39 is 17.7 Å². The summed E-state index contributed by atoms with van der Waals surface area (Å²) in [5.41, 5.74) is 8.08. The summed E-state index contributed by atoms with van der Waals surface area (Å²) in [4.78, 5) is 34.5. The van der Waals surface area contributed by atoms with Crippen LogP contribution in [0, 0.1) is 0 Å². The number of benzene rings is 2. The number of para-hydroxylation sites is 1. The Hall–Kier alpha value is -3.88. The zero-order valence-corrected chi connectivity index (χ0v) is 14.5. The molecule has 0 aromatic heterocycles. The summed E-state index contributed by atoms with van der Waals surface area (Å²) in [7, 11) is 1.52. The molecule has 0 atom stereocenters. The number of amides is 3. The number of nitrogens with two attached hydrogens (primary N) is 1. The number of carbonyl (C=O) groups excluding carboxylic acids is 3. The maximum Gasteiger partial charge on any atom is 0.329 e. The van der Waals surface area contributed by atoms with Gasteiger partial charge >= 0.3 is 11.8 Å². The second-order valence-corrected chi connectivity index (χ2v) is 5.17. The van der Waals surface area contributed by atoms with E-state index in [-0.39, 0.29) is 6.61 Å². The average Bonchev–Trinajstić information content (AvgIpc) is 2.67. The molecule has 9 heteroatoms. The molecule has 9 nitrogen and oxygen atoms in total. The number of hydrazone groups is 1. The molecule has 0 aliphatic heterocycles. The van der Waals surface area contributed by atoms with Crippen LogP contribution >= 0.6 is 0 Å². The quantitative estimate of drug-likeness (QED) is 0.374. The normalized spacial score (nSPS) is 10.3. The molecule has 0 unspecified atom stereocenters. The zero-order valence-electron chi connectivity index (χ0n) is 14.5. The van der Waals surface area contributed by atoms with E-state index in [1.165, 1.54) is 13.3 Å². The highest BCUT2D eigenvalue weighted by Crippen LogP contribution is 2.16. The van der Waals surface area contributed by atoms with Crippen LogP contribution in [0.3, 0.4) is 0 Å². The summed E-state index contributed by atoms with van der Waals surface area (Å²) in [6, 6.07) is 13.2. The molecule has 0 fully saturated rings. The SMILES string of the molecule is COc1ccc(NC(=O)C(=O)N/N=C\c2ccccc2OCC(N)=O)cc1. The molecule has 0 radical (unpaired) electrons. The van der Waals surface area contributed by atoms with Gasteiger partial charge in [0.2, 0.25) is 0 Å². The lowest BCUT2D eigenvalue weighted by Crippen LogP contribution is -2.32. The Morgan fingerprint density at radius 2 is 1.78 bits per heavy atom. The van der Waals surface area contributed by atoms with Crippen LogP contribution in [0.1, 0.15) is 5.56 Å². The third-order valence-corrected chi connectivity index (χ3v) is 3.21. The number of methoxy groups -OCH3 is 1. The van der Waals surface area contributed by atoms with Gasteiger partial charge in [-0.05, 0) is 36.4 Å². The number of anilines is 1. The minimum atomic E-state index is -0.947. The molecule has 2 aromatic carbocycles. The minimum absolute atomic E-state index is 0.290. The highest BCUT2D eigenvalue weighted by Gasteiger charge is 2.13. The standard InChI is InChI=1S/C18H18N4O5/c1-26-14-8-6-13(7-9-14)21-17(24)18(25)22-20-10-12-4-2-3-5-15(12)27-11-16(19)23/h2-10H,11H2,1H3,(H2,19,23)(H,21,24)(H,22,25)/b20-10-. The van der Waals surface area contributed by atoms with Crippen LogP contribution in [-0.4, -0.2) is 37.7 Å². The molecule has 3 amide bonds. The van der Waals surface area contributed by atoms with Gasteiger partial charge in [0.05, 0.1) is 13.3 Å². The monoisotopic (exact) mass is 370 g/mol. The van der Waals surface area contributed by atoms with E-state index in [1.807, 2.05) is 0 Å². The number of hydrogen-bond acceptors (Lipinski definition) is 6. The van der Waals surface area contributed by atoms with Crippen molar-refractivity contribution in [3.8, 4) is 11.5 Å². The number of nitrogens with one attached hydrogen (secondary N) is 2. The smallest absolute Gasteiger partial charge is 0.329 e. The van der Waals surface area contributed by atoms with Gasteiger partial charge in [0.1, 0.15) is 11.5 Å². The van der Waals surface area contributed by atoms with Crippen molar-refractivity contribution >= 4 is 29.6 Å². The molecule has 0 saturated carbocycles. The fraction of sp³-hybridized carbons (Fsp3) is 0.111. The Bertz CT molecular complexity index is 849. The van der Waals surface area contributed by atoms with Crippen LogP contribution in [0.2, 0.25) is 0 Å². The fourth-order valence-electron chi connectivity index (χ4n) is 1.94. The summed E-state index contributed by atoms with van der Waals surface area (Å²) < 4.78 is 10.2. The number of primary amides is 1. The molecule has 0 spiro atoms. The molecular weight excluding hydrogens is 352 g/mol. The van der Waals surface area contributed by atoms with Crippen LogP contribution in [0.4, 0.5) is 5.69 Å². The highest BCUT2D eigenvalue weighted by molar-refractivity contribution is 6.39. The summed E-state index contributed by atoms with van der Waals surface area (Å²) >= 11 is 0. The van der Waals surface area contributed by atoms with Gasteiger partial charge in [-0.3, -0.25) is 14.4 Å². The number of hydrogen-bond donors (Lipinski definition) is 3. The molecular formula is C18H18N4O5. The van der Waals surface area contributed by atoms with Gasteiger partial charge in [0, 0.05) is 11.3 Å². The molecule has 4 N–H and O–H groups in total. The van der Waals surface area contributed by atoms with Gasteiger partial charge in [0.25, 0.3) is 5.91 Å². The van der Waals surface area contributed by atoms with Crippen molar-refractivity contribution in [3.05, 3.63) is 54.1 Å². The first-order chi connectivity index (χ1) is 13.0. The third kappa shape index (κ3) is 6.16. The first kappa shape index (κ1) is 19.4. The van der Waals surface area contributed by atoms with E-state index in [1.54, 1.807) is 48.5 Å². The Kier molecular flexibility index (Phi) is 6.89. The molecule has 140 valence electrons.